The van der Waals surface area contributed by atoms with Crippen molar-refractivity contribution in [1.29, 1.82) is 0 Å². The van der Waals surface area contributed by atoms with Crippen molar-refractivity contribution in [2.24, 2.45) is 0 Å². The average molecular weight is 207 g/mol. The van der Waals surface area contributed by atoms with Crippen molar-refractivity contribution in [2.75, 3.05) is 5.73 Å². The van der Waals surface area contributed by atoms with Gasteiger partial charge in [-0.1, -0.05) is 18.5 Å². The Kier molecular flexibility index (Phi) is 2.30. The number of hydrogen-bond acceptors (Lipinski definition) is 2. The number of rotatable bonds is 1. The van der Waals surface area contributed by atoms with Crippen LogP contribution in [0.2, 0.25) is 5.02 Å². The lowest BCUT2D eigenvalue weighted by molar-refractivity contribution is 1.13. The van der Waals surface area contributed by atoms with E-state index in [9.17, 15) is 0 Å². The number of fused-ring (bicyclic) bond motifs is 1. The summed E-state index contributed by atoms with van der Waals surface area (Å²) in [5.74, 6) is 0.613. The lowest BCUT2D eigenvalue weighted by atomic mass is 10.1. The Morgan fingerprint density at radius 2 is 2.14 bits per heavy atom. The van der Waals surface area contributed by atoms with Gasteiger partial charge in [0, 0.05) is 10.4 Å². The molecule has 0 radical (unpaired) electrons. The van der Waals surface area contributed by atoms with Crippen LogP contribution in [-0.2, 0) is 6.42 Å². The van der Waals surface area contributed by atoms with Gasteiger partial charge < -0.3 is 5.73 Å². The number of nitrogen functional groups attached to an aromatic ring is 1. The molecule has 2 nitrogen and oxygen atoms in total. The maximum Gasteiger partial charge on any atom is 0.127 e. The van der Waals surface area contributed by atoms with Gasteiger partial charge in [-0.2, -0.15) is 0 Å². The Balaban J connectivity index is 2.73. The van der Waals surface area contributed by atoms with Crippen LogP contribution >= 0.6 is 11.6 Å². The van der Waals surface area contributed by atoms with Crippen molar-refractivity contribution in [1.82, 2.24) is 4.98 Å². The number of halogens is 1. The van der Waals surface area contributed by atoms with E-state index in [1.165, 1.54) is 0 Å². The van der Waals surface area contributed by atoms with Crippen molar-refractivity contribution in [2.45, 2.75) is 13.3 Å². The monoisotopic (exact) mass is 206 g/mol. The summed E-state index contributed by atoms with van der Waals surface area (Å²) < 4.78 is 0. The summed E-state index contributed by atoms with van der Waals surface area (Å²) in [6.45, 7) is 2.06. The average Bonchev–Trinajstić information content (AvgIpc) is 2.17. The highest BCUT2D eigenvalue weighted by molar-refractivity contribution is 6.31. The van der Waals surface area contributed by atoms with Gasteiger partial charge in [0.25, 0.3) is 0 Å². The molecule has 0 saturated heterocycles. The van der Waals surface area contributed by atoms with Gasteiger partial charge in [-0.25, -0.2) is 4.98 Å². The van der Waals surface area contributed by atoms with Gasteiger partial charge in [-0.15, -0.1) is 0 Å². The zero-order chi connectivity index (χ0) is 10.1. The van der Waals surface area contributed by atoms with E-state index in [-0.39, 0.29) is 0 Å². The van der Waals surface area contributed by atoms with Gasteiger partial charge in [0.2, 0.25) is 0 Å². The fourth-order valence-corrected chi connectivity index (χ4v) is 1.67. The third-order valence-corrected chi connectivity index (χ3v) is 2.51. The van der Waals surface area contributed by atoms with Crippen molar-refractivity contribution in [3.05, 3.63) is 34.9 Å². The smallest absolute Gasteiger partial charge is 0.127 e. The van der Waals surface area contributed by atoms with Gasteiger partial charge >= 0.3 is 0 Å². The molecule has 2 aromatic rings. The molecule has 0 unspecified atom stereocenters. The van der Waals surface area contributed by atoms with Gasteiger partial charge in [0.1, 0.15) is 5.82 Å². The molecule has 1 heterocycles. The fourth-order valence-electron chi connectivity index (χ4n) is 1.49. The summed E-state index contributed by atoms with van der Waals surface area (Å²) in [7, 11) is 0. The number of nitrogens with zero attached hydrogens (tertiary/aromatic N) is 1. The van der Waals surface area contributed by atoms with Crippen LogP contribution in [0.3, 0.4) is 0 Å². The van der Waals surface area contributed by atoms with Crippen molar-refractivity contribution in [3.8, 4) is 0 Å². The first kappa shape index (κ1) is 9.28. The Morgan fingerprint density at radius 3 is 2.86 bits per heavy atom. The first-order chi connectivity index (χ1) is 6.70. The summed E-state index contributed by atoms with van der Waals surface area (Å²) in [5.41, 5.74) is 7.75. The maximum atomic E-state index is 5.89. The lowest BCUT2D eigenvalue weighted by Gasteiger charge is -2.04. The molecule has 0 aliphatic rings. The lowest BCUT2D eigenvalue weighted by Crippen LogP contribution is -1.96. The SMILES string of the molecule is CCc1cc2cc(Cl)ccc2nc1N. The third-order valence-electron chi connectivity index (χ3n) is 2.27. The molecule has 3 heteroatoms. The van der Waals surface area contributed by atoms with E-state index in [1.54, 1.807) is 0 Å². The number of aryl methyl sites for hydroxylation is 1. The van der Waals surface area contributed by atoms with Crippen LogP contribution in [0.5, 0.6) is 0 Å². The molecule has 0 saturated carbocycles. The normalized spacial score (nSPS) is 10.7. The molecular weight excluding hydrogens is 196 g/mol. The predicted molar refractivity (Wildman–Crippen MR) is 60.5 cm³/mol. The van der Waals surface area contributed by atoms with Gasteiger partial charge in [0.05, 0.1) is 5.52 Å². The van der Waals surface area contributed by atoms with Crippen molar-refractivity contribution >= 4 is 28.3 Å². The molecule has 0 amide bonds. The number of aromatic nitrogens is 1. The second-order valence-corrected chi connectivity index (χ2v) is 3.66. The van der Waals surface area contributed by atoms with E-state index >= 15 is 0 Å². The summed E-state index contributed by atoms with van der Waals surface area (Å²) in [5, 5.41) is 1.77. The molecule has 1 aromatic heterocycles. The van der Waals surface area contributed by atoms with Crippen LogP contribution in [0.1, 0.15) is 12.5 Å². The minimum Gasteiger partial charge on any atom is -0.383 e. The Hall–Kier alpha value is -1.28. The number of anilines is 1. The van der Waals surface area contributed by atoms with E-state index in [0.29, 0.717) is 5.82 Å². The summed E-state index contributed by atoms with van der Waals surface area (Å²) in [6, 6.07) is 7.65. The standard InChI is InChI=1S/C11H11ClN2/c1-2-7-5-8-6-9(12)3-4-10(8)14-11(7)13/h3-6H,2H2,1H3,(H2,13,14). The molecular formula is C11H11ClN2. The highest BCUT2D eigenvalue weighted by atomic mass is 35.5. The first-order valence-corrected chi connectivity index (χ1v) is 4.93. The molecule has 2 N–H and O–H groups in total. The Bertz CT molecular complexity index is 480. The summed E-state index contributed by atoms with van der Waals surface area (Å²) in [6.07, 6.45) is 0.890. The van der Waals surface area contributed by atoms with Crippen LogP contribution in [0.4, 0.5) is 5.82 Å². The first-order valence-electron chi connectivity index (χ1n) is 4.55. The zero-order valence-electron chi connectivity index (χ0n) is 7.92. The Labute approximate surface area is 87.7 Å². The number of benzene rings is 1. The van der Waals surface area contributed by atoms with Crippen molar-refractivity contribution in [3.63, 3.8) is 0 Å². The van der Waals surface area contributed by atoms with E-state index < -0.39 is 0 Å². The number of hydrogen-bond donors (Lipinski definition) is 1. The second kappa shape index (κ2) is 3.46. The van der Waals surface area contributed by atoms with Crippen LogP contribution in [0, 0.1) is 0 Å². The summed E-state index contributed by atoms with van der Waals surface area (Å²) >= 11 is 5.89. The highest BCUT2D eigenvalue weighted by Gasteiger charge is 2.02. The molecule has 2 rings (SSSR count). The largest absolute Gasteiger partial charge is 0.383 e. The van der Waals surface area contributed by atoms with Crippen LogP contribution < -0.4 is 5.73 Å². The molecule has 0 aliphatic heterocycles. The van der Waals surface area contributed by atoms with Crippen molar-refractivity contribution < 1.29 is 0 Å². The predicted octanol–water partition coefficient (Wildman–Crippen LogP) is 3.03. The topological polar surface area (TPSA) is 38.9 Å². The van der Waals surface area contributed by atoms with Crippen LogP contribution in [-0.4, -0.2) is 4.98 Å². The maximum absolute atomic E-state index is 5.89. The van der Waals surface area contributed by atoms with E-state index in [0.717, 1.165) is 27.9 Å². The molecule has 72 valence electrons. The van der Waals surface area contributed by atoms with Gasteiger partial charge in [-0.05, 0) is 36.2 Å². The van der Waals surface area contributed by atoms with Gasteiger partial charge in [0.15, 0.2) is 0 Å². The Morgan fingerprint density at radius 1 is 1.36 bits per heavy atom. The van der Waals surface area contributed by atoms with E-state index in [2.05, 4.69) is 11.9 Å². The van der Waals surface area contributed by atoms with Crippen LogP contribution in [0.15, 0.2) is 24.3 Å². The number of pyridine rings is 1. The molecule has 0 aliphatic carbocycles. The third kappa shape index (κ3) is 1.53. The quantitative estimate of drug-likeness (QED) is 0.779. The minimum absolute atomic E-state index is 0.613. The molecule has 1 aromatic carbocycles. The summed E-state index contributed by atoms with van der Waals surface area (Å²) in [4.78, 5) is 4.31. The molecule has 0 fully saturated rings. The minimum atomic E-state index is 0.613. The molecule has 14 heavy (non-hydrogen) atoms. The molecule has 0 spiro atoms. The van der Waals surface area contributed by atoms with E-state index in [4.69, 9.17) is 17.3 Å². The zero-order valence-corrected chi connectivity index (χ0v) is 8.67. The second-order valence-electron chi connectivity index (χ2n) is 3.22. The number of nitrogens with two attached hydrogens (primary N) is 1. The van der Waals surface area contributed by atoms with E-state index in [1.807, 2.05) is 24.3 Å². The highest BCUT2D eigenvalue weighted by Crippen LogP contribution is 2.21. The fraction of sp³-hybridized carbons (Fsp3) is 0.182. The van der Waals surface area contributed by atoms with Gasteiger partial charge in [-0.3, -0.25) is 0 Å². The molecule has 0 bridgehead atoms. The van der Waals surface area contributed by atoms with Crippen LogP contribution in [0.25, 0.3) is 10.9 Å². The molecule has 0 atom stereocenters.